The first-order valence-corrected chi connectivity index (χ1v) is 7.34. The first-order valence-electron chi connectivity index (χ1n) is 7.34. The van der Waals surface area contributed by atoms with Gasteiger partial charge < -0.3 is 15.2 Å². The Bertz CT molecular complexity index is 822. The predicted octanol–water partition coefficient (Wildman–Crippen LogP) is 0.0958. The van der Waals surface area contributed by atoms with Crippen LogP contribution in [0.1, 0.15) is 29.8 Å². The average Bonchev–Trinajstić information content (AvgIpc) is 2.58. The van der Waals surface area contributed by atoms with Gasteiger partial charge in [-0.2, -0.15) is 0 Å². The maximum absolute atomic E-state index is 12.2. The highest BCUT2D eigenvalue weighted by atomic mass is 16.2. The smallest absolute Gasteiger partial charge is 0.325 e. The zero-order valence-corrected chi connectivity index (χ0v) is 12.3. The van der Waals surface area contributed by atoms with E-state index < -0.39 is 17.2 Å². The van der Waals surface area contributed by atoms with Crippen molar-refractivity contribution in [3.05, 3.63) is 45.1 Å². The fourth-order valence-electron chi connectivity index (χ4n) is 2.46. The van der Waals surface area contributed by atoms with Crippen LogP contribution in [-0.4, -0.2) is 38.9 Å². The Morgan fingerprint density at radius 3 is 2.70 bits per heavy atom. The molecule has 3 rings (SSSR count). The van der Waals surface area contributed by atoms with E-state index in [1.807, 2.05) is 4.98 Å². The van der Waals surface area contributed by atoms with Crippen molar-refractivity contribution in [3.8, 4) is 0 Å². The number of anilines is 2. The molecule has 2 aromatic rings. The minimum absolute atomic E-state index is 0.0484. The first kappa shape index (κ1) is 14.9. The maximum Gasteiger partial charge on any atom is 0.325 e. The lowest BCUT2D eigenvalue weighted by Crippen LogP contribution is -2.31. The largest absolute Gasteiger partial charge is 0.357 e. The molecule has 0 unspecified atom stereocenters. The molecule has 2 aromatic heterocycles. The van der Waals surface area contributed by atoms with Gasteiger partial charge in [0.2, 0.25) is 0 Å². The Balaban J connectivity index is 1.79. The lowest BCUT2D eigenvalue weighted by molar-refractivity contribution is 0.102. The van der Waals surface area contributed by atoms with Gasteiger partial charge in [0.25, 0.3) is 11.5 Å². The fourth-order valence-corrected chi connectivity index (χ4v) is 2.46. The third-order valence-electron chi connectivity index (χ3n) is 3.63. The van der Waals surface area contributed by atoms with Gasteiger partial charge in [0, 0.05) is 25.4 Å². The van der Waals surface area contributed by atoms with Crippen LogP contribution in [0.4, 0.5) is 11.5 Å². The highest BCUT2D eigenvalue weighted by molar-refractivity contribution is 6.03. The SMILES string of the molecule is O=C(Nc1c[nH]c(=O)[nH]c1=O)c1cc(N2CCCCC2)ncn1. The van der Waals surface area contributed by atoms with E-state index in [1.165, 1.54) is 12.7 Å². The molecule has 3 N–H and O–H groups in total. The van der Waals surface area contributed by atoms with Gasteiger partial charge in [-0.3, -0.25) is 14.6 Å². The molecule has 0 bridgehead atoms. The van der Waals surface area contributed by atoms with Crippen molar-refractivity contribution in [2.75, 3.05) is 23.3 Å². The molecule has 1 saturated heterocycles. The minimum Gasteiger partial charge on any atom is -0.357 e. The molecule has 1 aliphatic heterocycles. The molecule has 23 heavy (non-hydrogen) atoms. The summed E-state index contributed by atoms with van der Waals surface area (Å²) in [6.07, 6.45) is 5.86. The summed E-state index contributed by atoms with van der Waals surface area (Å²) < 4.78 is 0. The number of carbonyl (C=O) groups excluding carboxylic acids is 1. The van der Waals surface area contributed by atoms with Crippen molar-refractivity contribution in [1.82, 2.24) is 19.9 Å². The summed E-state index contributed by atoms with van der Waals surface area (Å²) in [6.45, 7) is 1.80. The van der Waals surface area contributed by atoms with Crippen LogP contribution >= 0.6 is 0 Å². The van der Waals surface area contributed by atoms with E-state index in [2.05, 4.69) is 25.2 Å². The number of hydrogen-bond donors (Lipinski definition) is 3. The van der Waals surface area contributed by atoms with Crippen LogP contribution in [0.15, 0.2) is 28.2 Å². The van der Waals surface area contributed by atoms with Gasteiger partial charge in [0.1, 0.15) is 23.5 Å². The number of carbonyl (C=O) groups is 1. The van der Waals surface area contributed by atoms with E-state index in [9.17, 15) is 14.4 Å². The third kappa shape index (κ3) is 3.44. The van der Waals surface area contributed by atoms with Gasteiger partial charge in [-0.05, 0) is 19.3 Å². The van der Waals surface area contributed by atoms with Crippen LogP contribution < -0.4 is 21.5 Å². The van der Waals surface area contributed by atoms with E-state index in [0.717, 1.165) is 32.1 Å². The second-order valence-corrected chi connectivity index (χ2v) is 5.25. The summed E-state index contributed by atoms with van der Waals surface area (Å²) in [7, 11) is 0. The zero-order valence-electron chi connectivity index (χ0n) is 12.3. The van der Waals surface area contributed by atoms with Crippen LogP contribution in [0, 0.1) is 0 Å². The quantitative estimate of drug-likeness (QED) is 0.737. The highest BCUT2D eigenvalue weighted by Gasteiger charge is 2.16. The molecule has 3 heterocycles. The maximum atomic E-state index is 12.2. The molecule has 9 heteroatoms. The fraction of sp³-hybridized carbons (Fsp3) is 0.357. The summed E-state index contributed by atoms with van der Waals surface area (Å²) in [5.74, 6) is 0.156. The summed E-state index contributed by atoms with van der Waals surface area (Å²) in [4.78, 5) is 49.4. The number of nitrogens with one attached hydrogen (secondary N) is 3. The molecule has 120 valence electrons. The summed E-state index contributed by atoms with van der Waals surface area (Å²) in [6, 6.07) is 1.60. The van der Waals surface area contributed by atoms with Crippen molar-refractivity contribution in [1.29, 1.82) is 0 Å². The standard InChI is InChI=1S/C14H16N6O3/c21-12(18-10-7-15-14(23)19-13(10)22)9-6-11(17-8-16-9)20-4-2-1-3-5-20/h6-8H,1-5H2,(H,18,21)(H2,15,19,22,23). The zero-order chi connectivity index (χ0) is 16.2. The number of aromatic nitrogens is 4. The molecule has 0 aliphatic carbocycles. The molecule has 1 amide bonds. The summed E-state index contributed by atoms with van der Waals surface area (Å²) in [5.41, 5.74) is -1.20. The third-order valence-corrected chi connectivity index (χ3v) is 3.63. The molecule has 1 fully saturated rings. The molecule has 0 spiro atoms. The van der Waals surface area contributed by atoms with Gasteiger partial charge in [0.05, 0.1) is 0 Å². The molecule has 0 atom stereocenters. The topological polar surface area (TPSA) is 124 Å². The Kier molecular flexibility index (Phi) is 4.18. The van der Waals surface area contributed by atoms with E-state index in [0.29, 0.717) is 5.82 Å². The van der Waals surface area contributed by atoms with E-state index in [4.69, 9.17) is 0 Å². The average molecular weight is 316 g/mol. The minimum atomic E-state index is -0.674. The number of nitrogens with zero attached hydrogens (tertiary/aromatic N) is 3. The van der Waals surface area contributed by atoms with E-state index >= 15 is 0 Å². The number of aromatic amines is 2. The second kappa shape index (κ2) is 6.42. The van der Waals surface area contributed by atoms with Crippen molar-refractivity contribution in [2.45, 2.75) is 19.3 Å². The molecular formula is C14H16N6O3. The van der Waals surface area contributed by atoms with Gasteiger partial charge in [-0.25, -0.2) is 14.8 Å². The number of rotatable bonds is 3. The predicted molar refractivity (Wildman–Crippen MR) is 83.7 cm³/mol. The van der Waals surface area contributed by atoms with Gasteiger partial charge in [-0.1, -0.05) is 0 Å². The van der Waals surface area contributed by atoms with E-state index in [-0.39, 0.29) is 11.4 Å². The van der Waals surface area contributed by atoms with Crippen LogP contribution in [0.2, 0.25) is 0 Å². The Morgan fingerprint density at radius 1 is 1.17 bits per heavy atom. The van der Waals surface area contributed by atoms with Crippen molar-refractivity contribution in [3.63, 3.8) is 0 Å². The van der Waals surface area contributed by atoms with Crippen molar-refractivity contribution in [2.24, 2.45) is 0 Å². The van der Waals surface area contributed by atoms with Gasteiger partial charge >= 0.3 is 5.69 Å². The van der Waals surface area contributed by atoms with Crippen molar-refractivity contribution >= 4 is 17.4 Å². The molecule has 9 nitrogen and oxygen atoms in total. The Labute approximate surface area is 130 Å². The van der Waals surface area contributed by atoms with Gasteiger partial charge in [0.15, 0.2) is 0 Å². The summed E-state index contributed by atoms with van der Waals surface area (Å²) >= 11 is 0. The molecular weight excluding hydrogens is 300 g/mol. The number of hydrogen-bond acceptors (Lipinski definition) is 6. The van der Waals surface area contributed by atoms with Crippen LogP contribution in [0.3, 0.4) is 0 Å². The lowest BCUT2D eigenvalue weighted by atomic mass is 10.1. The Hall–Kier alpha value is -2.97. The van der Waals surface area contributed by atoms with Crippen molar-refractivity contribution < 1.29 is 4.79 Å². The lowest BCUT2D eigenvalue weighted by Gasteiger charge is -2.27. The van der Waals surface area contributed by atoms with Crippen LogP contribution in [0.5, 0.6) is 0 Å². The molecule has 0 saturated carbocycles. The molecule has 0 aromatic carbocycles. The summed E-state index contributed by atoms with van der Waals surface area (Å²) in [5, 5.41) is 2.42. The second-order valence-electron chi connectivity index (χ2n) is 5.25. The molecule has 0 radical (unpaired) electrons. The van der Waals surface area contributed by atoms with E-state index in [1.54, 1.807) is 6.07 Å². The number of piperidine rings is 1. The molecule has 1 aliphatic rings. The normalized spacial score (nSPS) is 14.5. The Morgan fingerprint density at radius 2 is 1.96 bits per heavy atom. The van der Waals surface area contributed by atoms with Gasteiger partial charge in [-0.15, -0.1) is 0 Å². The van der Waals surface area contributed by atoms with Crippen LogP contribution in [-0.2, 0) is 0 Å². The monoisotopic (exact) mass is 316 g/mol. The number of amides is 1. The number of H-pyrrole nitrogens is 2. The highest BCUT2D eigenvalue weighted by Crippen LogP contribution is 2.17. The van der Waals surface area contributed by atoms with Crippen LogP contribution in [0.25, 0.3) is 0 Å². The first-order chi connectivity index (χ1) is 11.1.